The molecule has 22 nitrogen and oxygen atoms in total. The molecule has 0 bridgehead atoms. The summed E-state index contributed by atoms with van der Waals surface area (Å²) in [6.45, 7) is 6.14. The number of carbonyl (C=O) groups is 8. The predicted octanol–water partition coefficient (Wildman–Crippen LogP) is -1.06. The van der Waals surface area contributed by atoms with Crippen molar-refractivity contribution in [2.45, 2.75) is 70.7 Å². The normalized spacial score (nSPS) is 12.3. The molecule has 338 valence electrons. The molecular formula is C38H61N7O15. The van der Waals surface area contributed by atoms with Crippen molar-refractivity contribution in [3.05, 3.63) is 29.8 Å². The van der Waals surface area contributed by atoms with Gasteiger partial charge in [-0.1, -0.05) is 26.0 Å². The smallest absolute Gasteiger partial charge is 0.312 e. The molecular weight excluding hydrogens is 794 g/mol. The van der Waals surface area contributed by atoms with Crippen LogP contribution in [0.15, 0.2) is 24.3 Å². The molecule has 0 aromatic heterocycles. The van der Waals surface area contributed by atoms with Gasteiger partial charge in [-0.05, 0) is 42.9 Å². The SMILES string of the molecule is COCC(=O)NCCOCCOCCOCCOCCC(=O)N[C@@H](CCC(=O)O)C(=O)N[C@H](C(=O)N[C@@H](CCCNC(N)=O)C(=O)Nc1ccc(COC=O)cc1)C(C)C. The Morgan fingerprint density at radius 3 is 1.87 bits per heavy atom. The van der Waals surface area contributed by atoms with Crippen LogP contribution in [-0.4, -0.2) is 151 Å². The third-order valence-electron chi connectivity index (χ3n) is 8.12. The Morgan fingerprint density at radius 1 is 0.700 bits per heavy atom. The lowest BCUT2D eigenvalue weighted by Gasteiger charge is -2.27. The fraction of sp³-hybridized carbons (Fsp3) is 0.632. The first-order valence-corrected chi connectivity index (χ1v) is 19.4. The first kappa shape index (κ1) is 52.6. The van der Waals surface area contributed by atoms with Gasteiger partial charge in [0.1, 0.15) is 31.3 Å². The summed E-state index contributed by atoms with van der Waals surface area (Å²) in [5, 5.41) is 24.8. The number of aliphatic carboxylic acids is 1. The fourth-order valence-electron chi connectivity index (χ4n) is 5.06. The van der Waals surface area contributed by atoms with E-state index in [-0.39, 0.29) is 71.2 Å². The van der Waals surface area contributed by atoms with Crippen LogP contribution >= 0.6 is 0 Å². The summed E-state index contributed by atoms with van der Waals surface area (Å²) in [6.07, 6.45) is -0.564. The average Bonchev–Trinajstić information content (AvgIpc) is 3.20. The molecule has 1 aromatic carbocycles. The van der Waals surface area contributed by atoms with Gasteiger partial charge in [0.15, 0.2) is 0 Å². The van der Waals surface area contributed by atoms with Crippen LogP contribution in [0.4, 0.5) is 10.5 Å². The number of anilines is 1. The molecule has 3 atom stereocenters. The summed E-state index contributed by atoms with van der Waals surface area (Å²) in [4.78, 5) is 97.4. The molecule has 1 aromatic rings. The molecule has 60 heavy (non-hydrogen) atoms. The van der Waals surface area contributed by atoms with Crippen LogP contribution in [0.5, 0.6) is 0 Å². The number of ether oxygens (including phenoxy) is 6. The Hall–Kier alpha value is -5.42. The van der Waals surface area contributed by atoms with E-state index in [0.29, 0.717) is 57.3 Å². The molecule has 0 unspecified atom stereocenters. The highest BCUT2D eigenvalue weighted by Gasteiger charge is 2.31. The van der Waals surface area contributed by atoms with Gasteiger partial charge in [-0.2, -0.15) is 0 Å². The monoisotopic (exact) mass is 855 g/mol. The molecule has 0 radical (unpaired) electrons. The quantitative estimate of drug-likeness (QED) is 0.0298. The minimum atomic E-state index is -1.31. The van der Waals surface area contributed by atoms with E-state index in [1.807, 2.05) is 0 Å². The van der Waals surface area contributed by atoms with E-state index in [2.05, 4.69) is 31.9 Å². The van der Waals surface area contributed by atoms with Gasteiger partial charge in [0.25, 0.3) is 6.47 Å². The number of carbonyl (C=O) groups excluding carboxylic acids is 7. The van der Waals surface area contributed by atoms with Gasteiger partial charge in [0, 0.05) is 38.7 Å². The van der Waals surface area contributed by atoms with Gasteiger partial charge in [-0.25, -0.2) is 4.79 Å². The first-order valence-electron chi connectivity index (χ1n) is 19.4. The minimum Gasteiger partial charge on any atom is -0.481 e. The van der Waals surface area contributed by atoms with Crippen LogP contribution in [0.25, 0.3) is 0 Å². The van der Waals surface area contributed by atoms with Gasteiger partial charge in [0.2, 0.25) is 29.5 Å². The molecule has 0 spiro atoms. The van der Waals surface area contributed by atoms with Crippen molar-refractivity contribution in [1.82, 2.24) is 26.6 Å². The van der Waals surface area contributed by atoms with Gasteiger partial charge >= 0.3 is 12.0 Å². The molecule has 0 fully saturated rings. The number of carboxylic acids is 1. The summed E-state index contributed by atoms with van der Waals surface area (Å²) in [5.41, 5.74) is 6.19. The Labute approximate surface area is 349 Å². The Balaban J connectivity index is 2.65. The van der Waals surface area contributed by atoms with Crippen LogP contribution < -0.4 is 37.6 Å². The van der Waals surface area contributed by atoms with E-state index in [1.54, 1.807) is 38.1 Å². The molecule has 7 amide bonds. The van der Waals surface area contributed by atoms with E-state index < -0.39 is 66.1 Å². The van der Waals surface area contributed by atoms with Crippen molar-refractivity contribution < 1.29 is 71.9 Å². The molecule has 0 aliphatic heterocycles. The number of rotatable bonds is 35. The largest absolute Gasteiger partial charge is 0.481 e. The standard InChI is InChI=1S/C38H61N7O15/c1-26(2)34(37(53)44-29(5-4-13-41-38(39)54)35(51)42-28-8-6-27(7-9-28)23-60-25-46)45-36(52)30(10-11-33(49)50)43-31(47)12-15-56-17-19-58-21-22-59-20-18-57-16-14-40-32(48)24-55-3/h6-9,25-26,29-30,34H,4-5,10-24H2,1-3H3,(H,40,48)(H,42,51)(H,43,47)(H,44,53)(H,45,52)(H,49,50)(H3,39,41,54)/t29-,30-,34-/m0/s1. The second-order valence-corrected chi connectivity index (χ2v) is 13.4. The van der Waals surface area contributed by atoms with Crippen LogP contribution in [-0.2, 0) is 68.6 Å². The van der Waals surface area contributed by atoms with E-state index in [9.17, 15) is 43.5 Å². The first-order chi connectivity index (χ1) is 28.8. The number of benzene rings is 1. The van der Waals surface area contributed by atoms with E-state index in [4.69, 9.17) is 34.2 Å². The van der Waals surface area contributed by atoms with Crippen molar-refractivity contribution in [2.75, 3.05) is 85.0 Å². The number of amides is 7. The van der Waals surface area contributed by atoms with Crippen molar-refractivity contribution in [3.8, 4) is 0 Å². The van der Waals surface area contributed by atoms with Gasteiger partial charge < -0.3 is 71.2 Å². The highest BCUT2D eigenvalue weighted by Crippen LogP contribution is 2.13. The summed E-state index contributed by atoms with van der Waals surface area (Å²) in [6, 6.07) is 2.03. The Kier molecular flexibility index (Phi) is 28.4. The summed E-state index contributed by atoms with van der Waals surface area (Å²) < 4.78 is 31.0. The van der Waals surface area contributed by atoms with Gasteiger partial charge in [0.05, 0.1) is 52.9 Å². The molecule has 22 heteroatoms. The lowest BCUT2D eigenvalue weighted by molar-refractivity contribution is -0.138. The number of primary amides is 1. The third kappa shape index (κ3) is 25.8. The van der Waals surface area contributed by atoms with Crippen LogP contribution in [0.3, 0.4) is 0 Å². The fourth-order valence-corrected chi connectivity index (χ4v) is 5.06. The Morgan fingerprint density at radius 2 is 1.30 bits per heavy atom. The zero-order valence-corrected chi connectivity index (χ0v) is 34.5. The highest BCUT2D eigenvalue weighted by atomic mass is 16.6. The number of nitrogens with two attached hydrogens (primary N) is 1. The molecule has 9 N–H and O–H groups in total. The number of hydrogen-bond acceptors (Lipinski definition) is 14. The zero-order chi connectivity index (χ0) is 44.5. The number of methoxy groups -OCH3 is 1. The summed E-state index contributed by atoms with van der Waals surface area (Å²) >= 11 is 0. The number of hydrogen-bond donors (Lipinski definition) is 8. The number of nitrogens with one attached hydrogen (secondary N) is 6. The lowest BCUT2D eigenvalue weighted by Crippen LogP contribution is -2.58. The average molecular weight is 856 g/mol. The second-order valence-electron chi connectivity index (χ2n) is 13.4. The predicted molar refractivity (Wildman–Crippen MR) is 213 cm³/mol. The maximum Gasteiger partial charge on any atom is 0.312 e. The highest BCUT2D eigenvalue weighted by molar-refractivity contribution is 5.99. The van der Waals surface area contributed by atoms with Crippen molar-refractivity contribution in [1.29, 1.82) is 0 Å². The summed E-state index contributed by atoms with van der Waals surface area (Å²) in [7, 11) is 1.43. The van der Waals surface area contributed by atoms with Crippen molar-refractivity contribution in [3.63, 3.8) is 0 Å². The van der Waals surface area contributed by atoms with Gasteiger partial charge in [-0.3, -0.25) is 33.6 Å². The van der Waals surface area contributed by atoms with Crippen molar-refractivity contribution >= 4 is 53.7 Å². The zero-order valence-electron chi connectivity index (χ0n) is 34.5. The van der Waals surface area contributed by atoms with Crippen LogP contribution in [0.2, 0.25) is 0 Å². The van der Waals surface area contributed by atoms with Crippen molar-refractivity contribution in [2.24, 2.45) is 11.7 Å². The Bertz CT molecular complexity index is 1470. The maximum absolute atomic E-state index is 13.6. The van der Waals surface area contributed by atoms with Crippen LogP contribution in [0, 0.1) is 5.92 Å². The molecule has 0 aliphatic rings. The second kappa shape index (κ2) is 32.4. The number of urea groups is 1. The van der Waals surface area contributed by atoms with Crippen LogP contribution in [0.1, 0.15) is 51.5 Å². The molecule has 0 saturated carbocycles. The topological polar surface area (TPSA) is 310 Å². The van der Waals surface area contributed by atoms with E-state index >= 15 is 0 Å². The van der Waals surface area contributed by atoms with Gasteiger partial charge in [-0.15, -0.1) is 0 Å². The summed E-state index contributed by atoms with van der Waals surface area (Å²) in [5.74, 6) is -4.66. The number of carboxylic acid groups (broad SMARTS) is 1. The lowest BCUT2D eigenvalue weighted by atomic mass is 10.0. The molecule has 0 saturated heterocycles. The maximum atomic E-state index is 13.6. The minimum absolute atomic E-state index is 0.0100. The third-order valence-corrected chi connectivity index (χ3v) is 8.12. The molecule has 0 heterocycles. The molecule has 0 aliphatic carbocycles. The van der Waals surface area contributed by atoms with E-state index in [0.717, 1.165) is 0 Å². The van der Waals surface area contributed by atoms with E-state index in [1.165, 1.54) is 7.11 Å². The molecule has 1 rings (SSSR count).